The lowest BCUT2D eigenvalue weighted by Gasteiger charge is -2.34. The third kappa shape index (κ3) is 3.93. The van der Waals surface area contributed by atoms with Crippen LogP contribution in [-0.2, 0) is 19.0 Å². The summed E-state index contributed by atoms with van der Waals surface area (Å²) in [6.07, 6.45) is 3.21. The maximum Gasteiger partial charge on any atom is 0.310 e. The number of hydrogen-bond acceptors (Lipinski definition) is 5. The van der Waals surface area contributed by atoms with Crippen LogP contribution in [0.2, 0.25) is 0 Å². The number of carbonyl (C=O) groups excluding carboxylic acids is 1. The zero-order chi connectivity index (χ0) is 12.8. The molecule has 0 aromatic rings. The molecule has 2 atom stereocenters. The first-order valence-corrected chi connectivity index (χ1v) is 6.88. The molecule has 2 aliphatic rings. The number of piperidine rings is 1. The highest BCUT2D eigenvalue weighted by Crippen LogP contribution is 2.19. The molecule has 18 heavy (non-hydrogen) atoms. The highest BCUT2D eigenvalue weighted by atomic mass is 16.7. The number of carbonyl (C=O) groups is 1. The van der Waals surface area contributed by atoms with Crippen LogP contribution in [0.5, 0.6) is 0 Å². The van der Waals surface area contributed by atoms with Crippen LogP contribution >= 0.6 is 0 Å². The first kappa shape index (κ1) is 13.8. The number of ether oxygens (including phenoxy) is 3. The summed E-state index contributed by atoms with van der Waals surface area (Å²) in [6.45, 7) is 6.27. The second-order valence-corrected chi connectivity index (χ2v) is 4.95. The number of esters is 1. The topological polar surface area (TPSA) is 48.0 Å². The van der Waals surface area contributed by atoms with Gasteiger partial charge in [-0.1, -0.05) is 0 Å². The maximum absolute atomic E-state index is 11.7. The Balaban J connectivity index is 1.77. The summed E-state index contributed by atoms with van der Waals surface area (Å²) in [5.74, 6) is -0.00589. The SMILES string of the molecule is CCOC(=O)[C@@H]1CCCN(CC2CCOCO2)C1. The minimum atomic E-state index is -0.0462. The molecule has 0 N–H and O–H groups in total. The Morgan fingerprint density at radius 3 is 3.06 bits per heavy atom. The van der Waals surface area contributed by atoms with Gasteiger partial charge in [-0.25, -0.2) is 0 Å². The molecule has 0 amide bonds. The average molecular weight is 257 g/mol. The lowest BCUT2D eigenvalue weighted by atomic mass is 9.98. The fourth-order valence-electron chi connectivity index (χ4n) is 2.61. The minimum absolute atomic E-state index is 0.0403. The molecule has 2 heterocycles. The largest absolute Gasteiger partial charge is 0.466 e. The number of likely N-dealkylation sites (tertiary alicyclic amines) is 1. The van der Waals surface area contributed by atoms with Crippen LogP contribution in [-0.4, -0.2) is 56.6 Å². The van der Waals surface area contributed by atoms with Crippen molar-refractivity contribution in [1.29, 1.82) is 0 Å². The van der Waals surface area contributed by atoms with Crippen LogP contribution in [0.3, 0.4) is 0 Å². The van der Waals surface area contributed by atoms with E-state index < -0.39 is 0 Å². The molecule has 0 aliphatic carbocycles. The monoisotopic (exact) mass is 257 g/mol. The Morgan fingerprint density at radius 1 is 1.44 bits per heavy atom. The van der Waals surface area contributed by atoms with Gasteiger partial charge in [-0.2, -0.15) is 0 Å². The molecule has 104 valence electrons. The van der Waals surface area contributed by atoms with Gasteiger partial charge in [0.1, 0.15) is 6.79 Å². The van der Waals surface area contributed by atoms with Crippen molar-refractivity contribution in [2.24, 2.45) is 5.92 Å². The maximum atomic E-state index is 11.7. The van der Waals surface area contributed by atoms with E-state index in [4.69, 9.17) is 14.2 Å². The van der Waals surface area contributed by atoms with E-state index in [9.17, 15) is 4.79 Å². The molecule has 5 heteroatoms. The Kier molecular flexibility index (Phi) is 5.41. The molecule has 0 aromatic carbocycles. The molecule has 2 rings (SSSR count). The van der Waals surface area contributed by atoms with Crippen LogP contribution in [0.1, 0.15) is 26.2 Å². The molecule has 1 unspecified atom stereocenters. The molecule has 0 saturated carbocycles. The van der Waals surface area contributed by atoms with E-state index in [1.165, 1.54) is 0 Å². The van der Waals surface area contributed by atoms with Gasteiger partial charge in [0, 0.05) is 13.1 Å². The standard InChI is InChI=1S/C13H23NO4/c1-2-17-13(15)11-4-3-6-14(8-11)9-12-5-7-16-10-18-12/h11-12H,2-10H2,1H3/t11-,12?/m1/s1. The summed E-state index contributed by atoms with van der Waals surface area (Å²) in [7, 11) is 0. The van der Waals surface area contributed by atoms with E-state index in [1.54, 1.807) is 0 Å². The van der Waals surface area contributed by atoms with Crippen molar-refractivity contribution in [3.63, 3.8) is 0 Å². The van der Waals surface area contributed by atoms with Crippen LogP contribution in [0, 0.1) is 5.92 Å². The zero-order valence-electron chi connectivity index (χ0n) is 11.1. The van der Waals surface area contributed by atoms with Crippen molar-refractivity contribution in [3.8, 4) is 0 Å². The lowest BCUT2D eigenvalue weighted by molar-refractivity contribution is -0.154. The van der Waals surface area contributed by atoms with Gasteiger partial charge in [-0.3, -0.25) is 9.69 Å². The molecule has 0 spiro atoms. The summed E-state index contributed by atoms with van der Waals surface area (Å²) >= 11 is 0. The molecular formula is C13H23NO4. The number of nitrogens with zero attached hydrogens (tertiary/aromatic N) is 1. The molecule has 0 radical (unpaired) electrons. The van der Waals surface area contributed by atoms with Gasteiger partial charge in [-0.15, -0.1) is 0 Å². The minimum Gasteiger partial charge on any atom is -0.466 e. The summed E-state index contributed by atoms with van der Waals surface area (Å²) in [5.41, 5.74) is 0. The number of rotatable bonds is 4. The third-order valence-corrected chi connectivity index (χ3v) is 3.56. The fraction of sp³-hybridized carbons (Fsp3) is 0.923. The second-order valence-electron chi connectivity index (χ2n) is 4.95. The van der Waals surface area contributed by atoms with Crippen molar-refractivity contribution in [2.45, 2.75) is 32.3 Å². The summed E-state index contributed by atoms with van der Waals surface area (Å²) < 4.78 is 15.8. The van der Waals surface area contributed by atoms with E-state index in [1.807, 2.05) is 6.92 Å². The van der Waals surface area contributed by atoms with Crippen molar-refractivity contribution in [3.05, 3.63) is 0 Å². The first-order chi connectivity index (χ1) is 8.79. The fourth-order valence-corrected chi connectivity index (χ4v) is 2.61. The first-order valence-electron chi connectivity index (χ1n) is 6.88. The summed E-state index contributed by atoms with van der Waals surface area (Å²) in [4.78, 5) is 14.1. The van der Waals surface area contributed by atoms with Gasteiger partial charge in [0.15, 0.2) is 0 Å². The predicted molar refractivity (Wildman–Crippen MR) is 66.1 cm³/mol. The normalized spacial score (nSPS) is 30.1. The second kappa shape index (κ2) is 7.07. The van der Waals surface area contributed by atoms with Gasteiger partial charge in [0.25, 0.3) is 0 Å². The van der Waals surface area contributed by atoms with E-state index in [0.717, 1.165) is 45.5 Å². The van der Waals surface area contributed by atoms with Crippen molar-refractivity contribution in [2.75, 3.05) is 39.6 Å². The molecular weight excluding hydrogens is 234 g/mol. The predicted octanol–water partition coefficient (Wildman–Crippen LogP) is 1.02. The van der Waals surface area contributed by atoms with Crippen molar-refractivity contribution >= 4 is 5.97 Å². The Bertz CT molecular complexity index is 266. The van der Waals surface area contributed by atoms with Crippen molar-refractivity contribution in [1.82, 2.24) is 4.90 Å². The van der Waals surface area contributed by atoms with E-state index in [-0.39, 0.29) is 18.0 Å². The summed E-state index contributed by atoms with van der Waals surface area (Å²) in [5, 5.41) is 0. The number of hydrogen-bond donors (Lipinski definition) is 0. The van der Waals surface area contributed by atoms with Crippen LogP contribution in [0.15, 0.2) is 0 Å². The van der Waals surface area contributed by atoms with E-state index in [2.05, 4.69) is 4.90 Å². The quantitative estimate of drug-likeness (QED) is 0.704. The van der Waals surface area contributed by atoms with Gasteiger partial charge >= 0.3 is 5.97 Å². The Labute approximate surface area is 108 Å². The van der Waals surface area contributed by atoms with Gasteiger partial charge in [0.05, 0.1) is 25.2 Å². The molecule has 2 saturated heterocycles. The van der Waals surface area contributed by atoms with Crippen LogP contribution < -0.4 is 0 Å². The van der Waals surface area contributed by atoms with Crippen LogP contribution in [0.25, 0.3) is 0 Å². The third-order valence-electron chi connectivity index (χ3n) is 3.56. The molecule has 5 nitrogen and oxygen atoms in total. The van der Waals surface area contributed by atoms with E-state index >= 15 is 0 Å². The molecule has 0 bridgehead atoms. The van der Waals surface area contributed by atoms with Gasteiger partial charge in [0.2, 0.25) is 0 Å². The zero-order valence-corrected chi connectivity index (χ0v) is 11.1. The highest BCUT2D eigenvalue weighted by Gasteiger charge is 2.28. The van der Waals surface area contributed by atoms with Gasteiger partial charge in [-0.05, 0) is 32.7 Å². The lowest BCUT2D eigenvalue weighted by Crippen LogP contribution is -2.44. The molecule has 0 aromatic heterocycles. The van der Waals surface area contributed by atoms with Crippen LogP contribution in [0.4, 0.5) is 0 Å². The Morgan fingerprint density at radius 2 is 2.33 bits per heavy atom. The molecule has 2 fully saturated rings. The van der Waals surface area contributed by atoms with E-state index in [0.29, 0.717) is 13.4 Å². The average Bonchev–Trinajstić information content (AvgIpc) is 2.40. The van der Waals surface area contributed by atoms with Gasteiger partial charge < -0.3 is 14.2 Å². The highest BCUT2D eigenvalue weighted by molar-refractivity contribution is 5.72. The molecule has 2 aliphatic heterocycles. The van der Waals surface area contributed by atoms with Crippen molar-refractivity contribution < 1.29 is 19.0 Å². The smallest absolute Gasteiger partial charge is 0.310 e. The Hall–Kier alpha value is -0.650. The summed E-state index contributed by atoms with van der Waals surface area (Å²) in [6, 6.07) is 0.